The standard InChI is InChI=1S/C21H20ClN3O/c1-14-4-3-5-15(2)21(14)25-19-11-10-18(13-23-19)24-20(26)12-16-6-8-17(22)9-7-16/h3-11,13H,12H2,1-2H3,(H,23,25)(H,24,26). The third kappa shape index (κ3) is 4.61. The molecular formula is C21H20ClN3O. The van der Waals surface area contributed by atoms with Crippen LogP contribution in [0.1, 0.15) is 16.7 Å². The first-order valence-corrected chi connectivity index (χ1v) is 8.72. The maximum absolute atomic E-state index is 12.1. The van der Waals surface area contributed by atoms with Crippen LogP contribution in [0.4, 0.5) is 17.2 Å². The van der Waals surface area contributed by atoms with Crippen LogP contribution in [-0.2, 0) is 11.2 Å². The third-order valence-corrected chi connectivity index (χ3v) is 4.31. The topological polar surface area (TPSA) is 54.0 Å². The van der Waals surface area contributed by atoms with Crippen molar-refractivity contribution >= 4 is 34.7 Å². The highest BCUT2D eigenvalue weighted by Gasteiger charge is 2.06. The molecule has 3 rings (SSSR count). The van der Waals surface area contributed by atoms with Gasteiger partial charge in [0.2, 0.25) is 5.91 Å². The van der Waals surface area contributed by atoms with Crippen LogP contribution in [0, 0.1) is 13.8 Å². The number of para-hydroxylation sites is 1. The van der Waals surface area contributed by atoms with Crippen LogP contribution in [0.3, 0.4) is 0 Å². The van der Waals surface area contributed by atoms with E-state index < -0.39 is 0 Å². The van der Waals surface area contributed by atoms with Crippen LogP contribution in [0.15, 0.2) is 60.8 Å². The molecule has 1 heterocycles. The molecule has 0 bridgehead atoms. The largest absolute Gasteiger partial charge is 0.340 e. The molecule has 0 spiro atoms. The number of hydrogen-bond donors (Lipinski definition) is 2. The summed E-state index contributed by atoms with van der Waals surface area (Å²) in [5, 5.41) is 6.84. The van der Waals surface area contributed by atoms with Gasteiger partial charge in [-0.3, -0.25) is 4.79 Å². The van der Waals surface area contributed by atoms with Gasteiger partial charge in [-0.05, 0) is 54.8 Å². The van der Waals surface area contributed by atoms with Gasteiger partial charge in [0.15, 0.2) is 0 Å². The molecule has 3 aromatic rings. The minimum absolute atomic E-state index is 0.0930. The second-order valence-electron chi connectivity index (χ2n) is 6.18. The smallest absolute Gasteiger partial charge is 0.228 e. The monoisotopic (exact) mass is 365 g/mol. The first-order chi connectivity index (χ1) is 12.5. The van der Waals surface area contributed by atoms with Crippen molar-refractivity contribution in [3.63, 3.8) is 0 Å². The van der Waals surface area contributed by atoms with Crippen LogP contribution >= 0.6 is 11.6 Å². The minimum Gasteiger partial charge on any atom is -0.340 e. The molecule has 2 aromatic carbocycles. The quantitative estimate of drug-likeness (QED) is 0.647. The number of hydrogen-bond acceptors (Lipinski definition) is 3. The highest BCUT2D eigenvalue weighted by molar-refractivity contribution is 6.30. The van der Waals surface area contributed by atoms with E-state index in [1.54, 1.807) is 18.3 Å². The van der Waals surface area contributed by atoms with Crippen LogP contribution in [0.2, 0.25) is 5.02 Å². The van der Waals surface area contributed by atoms with Crippen molar-refractivity contribution in [2.45, 2.75) is 20.3 Å². The van der Waals surface area contributed by atoms with Crippen LogP contribution in [0.5, 0.6) is 0 Å². The van der Waals surface area contributed by atoms with Crippen LogP contribution in [-0.4, -0.2) is 10.9 Å². The molecule has 132 valence electrons. The first-order valence-electron chi connectivity index (χ1n) is 8.35. The molecule has 0 aliphatic carbocycles. The summed E-state index contributed by atoms with van der Waals surface area (Å²) < 4.78 is 0. The SMILES string of the molecule is Cc1cccc(C)c1Nc1ccc(NC(=O)Cc2ccc(Cl)cc2)cn1. The third-order valence-electron chi connectivity index (χ3n) is 4.06. The Morgan fingerprint density at radius 1 is 1.00 bits per heavy atom. The lowest BCUT2D eigenvalue weighted by Gasteiger charge is -2.12. The number of rotatable bonds is 5. The van der Waals surface area contributed by atoms with E-state index in [9.17, 15) is 4.79 Å². The van der Waals surface area contributed by atoms with Gasteiger partial charge >= 0.3 is 0 Å². The zero-order valence-electron chi connectivity index (χ0n) is 14.7. The molecule has 0 fully saturated rings. The summed E-state index contributed by atoms with van der Waals surface area (Å²) in [5.74, 6) is 0.641. The van der Waals surface area contributed by atoms with Gasteiger partial charge in [0.1, 0.15) is 5.82 Å². The first kappa shape index (κ1) is 18.0. The van der Waals surface area contributed by atoms with E-state index in [0.29, 0.717) is 17.1 Å². The van der Waals surface area contributed by atoms with Gasteiger partial charge < -0.3 is 10.6 Å². The average Bonchev–Trinajstić information content (AvgIpc) is 2.62. The summed E-state index contributed by atoms with van der Waals surface area (Å²) >= 11 is 5.86. The summed E-state index contributed by atoms with van der Waals surface area (Å²) in [7, 11) is 0. The highest BCUT2D eigenvalue weighted by atomic mass is 35.5. The van der Waals surface area contributed by atoms with Crippen LogP contribution in [0.25, 0.3) is 0 Å². The van der Waals surface area contributed by atoms with Gasteiger partial charge in [-0.25, -0.2) is 4.98 Å². The molecule has 4 nitrogen and oxygen atoms in total. The van der Waals surface area contributed by atoms with Gasteiger partial charge in [-0.2, -0.15) is 0 Å². The van der Waals surface area contributed by atoms with Crippen molar-refractivity contribution in [3.05, 3.63) is 82.5 Å². The van der Waals surface area contributed by atoms with E-state index in [2.05, 4.69) is 41.6 Å². The molecule has 0 radical (unpaired) electrons. The number of amides is 1. The van der Waals surface area contributed by atoms with Gasteiger partial charge in [0.05, 0.1) is 18.3 Å². The maximum Gasteiger partial charge on any atom is 0.228 e. The Morgan fingerprint density at radius 2 is 1.69 bits per heavy atom. The normalized spacial score (nSPS) is 10.4. The van der Waals surface area contributed by atoms with E-state index in [0.717, 1.165) is 28.2 Å². The number of aromatic nitrogens is 1. The highest BCUT2D eigenvalue weighted by Crippen LogP contribution is 2.23. The van der Waals surface area contributed by atoms with Gasteiger partial charge in [0.25, 0.3) is 0 Å². The van der Waals surface area contributed by atoms with Gasteiger partial charge in [0, 0.05) is 10.7 Å². The molecular weight excluding hydrogens is 346 g/mol. The van der Waals surface area contributed by atoms with Crippen molar-refractivity contribution in [1.82, 2.24) is 4.98 Å². The Bertz CT molecular complexity index is 885. The van der Waals surface area contributed by atoms with E-state index in [-0.39, 0.29) is 5.91 Å². The number of benzene rings is 2. The Kier molecular flexibility index (Phi) is 5.54. The molecule has 0 aliphatic rings. The molecule has 5 heteroatoms. The maximum atomic E-state index is 12.1. The molecule has 0 unspecified atom stereocenters. The Morgan fingerprint density at radius 3 is 2.31 bits per heavy atom. The fourth-order valence-electron chi connectivity index (χ4n) is 2.67. The molecule has 1 aromatic heterocycles. The number of nitrogens with zero attached hydrogens (tertiary/aromatic N) is 1. The molecule has 0 atom stereocenters. The number of carbonyl (C=O) groups excluding carboxylic acids is 1. The summed E-state index contributed by atoms with van der Waals surface area (Å²) in [4.78, 5) is 16.5. The van der Waals surface area contributed by atoms with Crippen molar-refractivity contribution < 1.29 is 4.79 Å². The van der Waals surface area contributed by atoms with Crippen molar-refractivity contribution in [1.29, 1.82) is 0 Å². The summed E-state index contributed by atoms with van der Waals surface area (Å²) in [6, 6.07) is 17.1. The fourth-order valence-corrected chi connectivity index (χ4v) is 2.80. The Hall–Kier alpha value is -2.85. The number of halogens is 1. The molecule has 0 saturated heterocycles. The number of nitrogens with one attached hydrogen (secondary N) is 2. The molecule has 0 aliphatic heterocycles. The zero-order valence-corrected chi connectivity index (χ0v) is 15.5. The van der Waals surface area contributed by atoms with Crippen molar-refractivity contribution in [2.75, 3.05) is 10.6 Å². The predicted molar refractivity (Wildman–Crippen MR) is 107 cm³/mol. The number of carbonyl (C=O) groups is 1. The van der Waals surface area contributed by atoms with Crippen LogP contribution < -0.4 is 10.6 Å². The fraction of sp³-hybridized carbons (Fsp3) is 0.143. The Labute approximate surface area is 158 Å². The summed E-state index contributed by atoms with van der Waals surface area (Å²) in [6.07, 6.45) is 1.94. The number of aryl methyl sites for hydroxylation is 2. The number of pyridine rings is 1. The molecule has 1 amide bonds. The van der Waals surface area contributed by atoms with Gasteiger partial charge in [-0.15, -0.1) is 0 Å². The van der Waals surface area contributed by atoms with Crippen molar-refractivity contribution in [2.24, 2.45) is 0 Å². The second kappa shape index (κ2) is 8.02. The summed E-state index contributed by atoms with van der Waals surface area (Å²) in [6.45, 7) is 4.11. The van der Waals surface area contributed by atoms with E-state index in [1.165, 1.54) is 0 Å². The lowest BCUT2D eigenvalue weighted by molar-refractivity contribution is -0.115. The number of anilines is 3. The average molecular weight is 366 g/mol. The summed E-state index contributed by atoms with van der Waals surface area (Å²) in [5.41, 5.74) is 4.95. The van der Waals surface area contributed by atoms with Gasteiger partial charge in [-0.1, -0.05) is 41.9 Å². The van der Waals surface area contributed by atoms with E-state index in [4.69, 9.17) is 11.6 Å². The molecule has 26 heavy (non-hydrogen) atoms. The van der Waals surface area contributed by atoms with E-state index in [1.807, 2.05) is 30.3 Å². The predicted octanol–water partition coefficient (Wildman–Crippen LogP) is 5.28. The zero-order chi connectivity index (χ0) is 18.5. The Balaban J connectivity index is 1.62. The lowest BCUT2D eigenvalue weighted by atomic mass is 10.1. The van der Waals surface area contributed by atoms with Crippen molar-refractivity contribution in [3.8, 4) is 0 Å². The lowest BCUT2D eigenvalue weighted by Crippen LogP contribution is -2.14. The second-order valence-corrected chi connectivity index (χ2v) is 6.61. The minimum atomic E-state index is -0.0930. The molecule has 0 saturated carbocycles. The molecule has 2 N–H and O–H groups in total. The van der Waals surface area contributed by atoms with E-state index >= 15 is 0 Å².